The van der Waals surface area contributed by atoms with Crippen LogP contribution in [0, 0.1) is 6.92 Å². The average molecular weight is 345 g/mol. The predicted molar refractivity (Wildman–Crippen MR) is 102 cm³/mol. The minimum atomic E-state index is -0.217. The molecule has 0 atom stereocenters. The van der Waals surface area contributed by atoms with E-state index in [1.807, 2.05) is 61.5 Å². The molecule has 1 amide bonds. The molecule has 0 aliphatic carbocycles. The van der Waals surface area contributed by atoms with E-state index in [1.165, 1.54) is 16.9 Å². The molecular weight excluding hydrogens is 330 g/mol. The third-order valence-electron chi connectivity index (χ3n) is 3.93. The van der Waals surface area contributed by atoms with Gasteiger partial charge < -0.3 is 5.32 Å². The number of carbonyl (C=O) groups is 1. The number of benzene rings is 2. The van der Waals surface area contributed by atoms with Gasteiger partial charge in [-0.15, -0.1) is 11.3 Å². The monoisotopic (exact) mass is 345 g/mol. The highest BCUT2D eigenvalue weighted by Crippen LogP contribution is 2.26. The minimum absolute atomic E-state index is 0.217. The second kappa shape index (κ2) is 6.45. The minimum Gasteiger partial charge on any atom is -0.320 e. The molecule has 4 aromatic rings. The van der Waals surface area contributed by atoms with Crippen molar-refractivity contribution in [2.75, 3.05) is 5.32 Å². The molecular formula is C20H15N3OS. The summed E-state index contributed by atoms with van der Waals surface area (Å²) in [6, 6.07) is 17.6. The number of anilines is 1. The first kappa shape index (κ1) is 15.5. The van der Waals surface area contributed by atoms with Crippen molar-refractivity contribution >= 4 is 33.8 Å². The summed E-state index contributed by atoms with van der Waals surface area (Å²) in [4.78, 5) is 21.4. The molecule has 2 heterocycles. The van der Waals surface area contributed by atoms with Gasteiger partial charge >= 0.3 is 0 Å². The van der Waals surface area contributed by atoms with Gasteiger partial charge in [0.25, 0.3) is 5.91 Å². The lowest BCUT2D eigenvalue weighted by molar-refractivity contribution is 0.102. The lowest BCUT2D eigenvalue weighted by Crippen LogP contribution is -2.12. The van der Waals surface area contributed by atoms with Crippen LogP contribution in [0.3, 0.4) is 0 Å². The highest BCUT2D eigenvalue weighted by Gasteiger charge is 2.13. The number of nitrogens with one attached hydrogen (secondary N) is 1. The molecule has 0 saturated carbocycles. The molecule has 0 fully saturated rings. The molecule has 1 N–H and O–H groups in total. The van der Waals surface area contributed by atoms with Crippen LogP contribution >= 0.6 is 11.3 Å². The maximum absolute atomic E-state index is 12.6. The van der Waals surface area contributed by atoms with Crippen LogP contribution in [0.1, 0.15) is 16.1 Å². The summed E-state index contributed by atoms with van der Waals surface area (Å²) in [5.74, 6) is -0.217. The van der Waals surface area contributed by atoms with Crippen molar-refractivity contribution < 1.29 is 4.79 Å². The Morgan fingerprint density at radius 2 is 1.88 bits per heavy atom. The molecule has 5 heteroatoms. The van der Waals surface area contributed by atoms with E-state index in [9.17, 15) is 4.79 Å². The molecule has 0 aliphatic heterocycles. The molecule has 0 radical (unpaired) electrons. The van der Waals surface area contributed by atoms with E-state index in [0.29, 0.717) is 5.69 Å². The van der Waals surface area contributed by atoms with Crippen molar-refractivity contribution in [2.24, 2.45) is 0 Å². The van der Waals surface area contributed by atoms with E-state index in [1.54, 1.807) is 11.6 Å². The van der Waals surface area contributed by atoms with Gasteiger partial charge in [-0.1, -0.05) is 35.9 Å². The molecule has 4 nitrogen and oxygen atoms in total. The normalized spacial score (nSPS) is 10.8. The summed E-state index contributed by atoms with van der Waals surface area (Å²) in [5, 5.41) is 6.47. The summed E-state index contributed by atoms with van der Waals surface area (Å²) in [6.45, 7) is 2.05. The molecule has 0 bridgehead atoms. The Morgan fingerprint density at radius 3 is 2.72 bits per heavy atom. The van der Waals surface area contributed by atoms with Crippen LogP contribution in [0.25, 0.3) is 21.5 Å². The number of hydrogen-bond donors (Lipinski definition) is 1. The fourth-order valence-electron chi connectivity index (χ4n) is 2.61. The third kappa shape index (κ3) is 3.14. The topological polar surface area (TPSA) is 54.9 Å². The van der Waals surface area contributed by atoms with Crippen LogP contribution in [0.2, 0.25) is 0 Å². The Labute approximate surface area is 149 Å². The molecule has 2 aromatic heterocycles. The van der Waals surface area contributed by atoms with Gasteiger partial charge in [-0.3, -0.25) is 9.78 Å². The van der Waals surface area contributed by atoms with Gasteiger partial charge in [-0.2, -0.15) is 0 Å². The SMILES string of the molecule is Cc1ccc(-c2nc(C(=O)Nc3cccc4ncccc34)cs2)cc1. The number of amides is 1. The van der Waals surface area contributed by atoms with Gasteiger partial charge in [0.05, 0.1) is 11.2 Å². The zero-order valence-electron chi connectivity index (χ0n) is 13.6. The van der Waals surface area contributed by atoms with Gasteiger partial charge in [0.15, 0.2) is 0 Å². The van der Waals surface area contributed by atoms with Crippen LogP contribution in [-0.2, 0) is 0 Å². The fraction of sp³-hybridized carbons (Fsp3) is 0.0500. The van der Waals surface area contributed by atoms with Crippen molar-refractivity contribution in [2.45, 2.75) is 6.92 Å². The maximum atomic E-state index is 12.6. The summed E-state index contributed by atoms with van der Waals surface area (Å²) >= 11 is 1.47. The standard InChI is InChI=1S/C20H15N3OS/c1-13-7-9-14(10-8-13)20-23-18(12-25-20)19(24)22-17-6-2-5-16-15(17)4-3-11-21-16/h2-12H,1H3,(H,22,24). The maximum Gasteiger partial charge on any atom is 0.275 e. The Hall–Kier alpha value is -3.05. The first-order chi connectivity index (χ1) is 12.2. The molecule has 25 heavy (non-hydrogen) atoms. The van der Waals surface area contributed by atoms with Gasteiger partial charge in [0.2, 0.25) is 0 Å². The van der Waals surface area contributed by atoms with Crippen molar-refractivity contribution in [3.05, 3.63) is 77.4 Å². The van der Waals surface area contributed by atoms with Gasteiger partial charge in [-0.25, -0.2) is 4.98 Å². The van der Waals surface area contributed by atoms with E-state index >= 15 is 0 Å². The molecule has 0 spiro atoms. The summed E-state index contributed by atoms with van der Waals surface area (Å²) in [7, 11) is 0. The first-order valence-corrected chi connectivity index (χ1v) is 8.76. The summed E-state index contributed by atoms with van der Waals surface area (Å²) in [5.41, 5.74) is 4.22. The van der Waals surface area contributed by atoms with Crippen LogP contribution in [0.4, 0.5) is 5.69 Å². The van der Waals surface area contributed by atoms with Crippen molar-refractivity contribution in [1.29, 1.82) is 0 Å². The second-order valence-corrected chi connectivity index (χ2v) is 6.59. The second-order valence-electron chi connectivity index (χ2n) is 5.73. The van der Waals surface area contributed by atoms with Crippen LogP contribution in [0.5, 0.6) is 0 Å². The predicted octanol–water partition coefficient (Wildman–Crippen LogP) is 4.92. The van der Waals surface area contributed by atoms with E-state index < -0.39 is 0 Å². The number of rotatable bonds is 3. The fourth-order valence-corrected chi connectivity index (χ4v) is 3.41. The van der Waals surface area contributed by atoms with E-state index in [-0.39, 0.29) is 5.91 Å². The number of thiazole rings is 1. The lowest BCUT2D eigenvalue weighted by atomic mass is 10.1. The molecule has 0 unspecified atom stereocenters. The van der Waals surface area contributed by atoms with E-state index in [0.717, 1.165) is 27.2 Å². The Kier molecular flexibility index (Phi) is 3.99. The van der Waals surface area contributed by atoms with Crippen LogP contribution in [-0.4, -0.2) is 15.9 Å². The smallest absolute Gasteiger partial charge is 0.275 e. The largest absolute Gasteiger partial charge is 0.320 e. The molecule has 4 rings (SSSR count). The zero-order chi connectivity index (χ0) is 17.2. The number of nitrogens with zero attached hydrogens (tertiary/aromatic N) is 2. The number of fused-ring (bicyclic) bond motifs is 1. The Morgan fingerprint density at radius 1 is 1.04 bits per heavy atom. The molecule has 122 valence electrons. The highest BCUT2D eigenvalue weighted by molar-refractivity contribution is 7.13. The number of pyridine rings is 1. The number of hydrogen-bond acceptors (Lipinski definition) is 4. The quantitative estimate of drug-likeness (QED) is 0.573. The summed E-state index contributed by atoms with van der Waals surface area (Å²) < 4.78 is 0. The van der Waals surface area contributed by atoms with E-state index in [2.05, 4.69) is 15.3 Å². The first-order valence-electron chi connectivity index (χ1n) is 7.88. The molecule has 2 aromatic carbocycles. The Balaban J connectivity index is 1.60. The van der Waals surface area contributed by atoms with Crippen molar-refractivity contribution in [1.82, 2.24) is 9.97 Å². The van der Waals surface area contributed by atoms with Crippen LogP contribution < -0.4 is 5.32 Å². The number of carbonyl (C=O) groups excluding carboxylic acids is 1. The number of aryl methyl sites for hydroxylation is 1. The molecule has 0 aliphatic rings. The van der Waals surface area contributed by atoms with Crippen molar-refractivity contribution in [3.8, 4) is 10.6 Å². The Bertz CT molecular complexity index is 1050. The average Bonchev–Trinajstić information content (AvgIpc) is 3.13. The van der Waals surface area contributed by atoms with Gasteiger partial charge in [-0.05, 0) is 31.2 Å². The highest BCUT2D eigenvalue weighted by atomic mass is 32.1. The number of aromatic nitrogens is 2. The van der Waals surface area contributed by atoms with E-state index in [4.69, 9.17) is 0 Å². The summed E-state index contributed by atoms with van der Waals surface area (Å²) in [6.07, 6.45) is 1.74. The zero-order valence-corrected chi connectivity index (χ0v) is 14.4. The third-order valence-corrected chi connectivity index (χ3v) is 4.82. The van der Waals surface area contributed by atoms with Crippen molar-refractivity contribution in [3.63, 3.8) is 0 Å². The van der Waals surface area contributed by atoms with Gasteiger partial charge in [0, 0.05) is 22.5 Å². The van der Waals surface area contributed by atoms with Gasteiger partial charge in [0.1, 0.15) is 10.7 Å². The molecule has 0 saturated heterocycles. The van der Waals surface area contributed by atoms with Crippen LogP contribution in [0.15, 0.2) is 66.2 Å². The lowest BCUT2D eigenvalue weighted by Gasteiger charge is -2.06.